The molecule has 0 radical (unpaired) electrons. The van der Waals surface area contributed by atoms with Gasteiger partial charge in [0.15, 0.2) is 0 Å². The number of nitrogens with one attached hydrogen (secondary N) is 1. The lowest BCUT2D eigenvalue weighted by Crippen LogP contribution is -2.53. The summed E-state index contributed by atoms with van der Waals surface area (Å²) in [6.07, 6.45) is 0.146. The Labute approximate surface area is 207 Å². The highest BCUT2D eigenvalue weighted by molar-refractivity contribution is 5.78. The molecule has 2 saturated heterocycles. The summed E-state index contributed by atoms with van der Waals surface area (Å²) in [4.78, 5) is 39.4. The van der Waals surface area contributed by atoms with Gasteiger partial charge in [0.2, 0.25) is 5.91 Å². The highest BCUT2D eigenvalue weighted by atomic mass is 19.4. The van der Waals surface area contributed by atoms with Crippen molar-refractivity contribution in [3.8, 4) is 0 Å². The first-order valence-corrected chi connectivity index (χ1v) is 11.8. The zero-order chi connectivity index (χ0) is 25.8. The van der Waals surface area contributed by atoms with Crippen LogP contribution in [0.5, 0.6) is 0 Å². The Morgan fingerprint density at radius 2 is 1.81 bits per heavy atom. The smallest absolute Gasteiger partial charge is 0.416 e. The van der Waals surface area contributed by atoms with E-state index in [9.17, 15) is 22.8 Å². The summed E-state index contributed by atoms with van der Waals surface area (Å²) in [7, 11) is 1.39. The second-order valence-corrected chi connectivity index (χ2v) is 8.92. The number of amides is 2. The molecule has 1 aromatic heterocycles. The first-order valence-electron chi connectivity index (χ1n) is 11.8. The molecular formula is C24H29F3N6O3. The number of aromatic nitrogens is 2. The molecule has 0 saturated carbocycles. The average molecular weight is 507 g/mol. The van der Waals surface area contributed by atoms with Gasteiger partial charge in [0.25, 0.3) is 0 Å². The molecule has 2 amide bonds. The van der Waals surface area contributed by atoms with Gasteiger partial charge in [-0.2, -0.15) is 13.2 Å². The van der Waals surface area contributed by atoms with Crippen molar-refractivity contribution in [2.45, 2.75) is 24.6 Å². The normalized spacial score (nSPS) is 18.6. The number of carbonyl (C=O) groups excluding carboxylic acids is 2. The molecule has 1 aromatic carbocycles. The molecule has 1 N–H and O–H groups in total. The Morgan fingerprint density at radius 1 is 1.08 bits per heavy atom. The van der Waals surface area contributed by atoms with Crippen LogP contribution in [-0.2, 0) is 21.3 Å². The molecule has 0 aliphatic carbocycles. The molecule has 0 spiro atoms. The number of likely N-dealkylation sites (tertiary alicyclic amines) is 1. The van der Waals surface area contributed by atoms with E-state index in [1.807, 2.05) is 0 Å². The van der Waals surface area contributed by atoms with Crippen LogP contribution in [0.4, 0.5) is 23.8 Å². The summed E-state index contributed by atoms with van der Waals surface area (Å²) in [5.41, 5.74) is -1.78. The summed E-state index contributed by atoms with van der Waals surface area (Å²) < 4.78 is 45.6. The van der Waals surface area contributed by atoms with Crippen LogP contribution in [0.25, 0.3) is 0 Å². The number of hydrogen-bond acceptors (Lipinski definition) is 7. The number of ether oxygens (including phenoxy) is 1. The number of carbonyl (C=O) groups is 2. The summed E-state index contributed by atoms with van der Waals surface area (Å²) in [6.45, 7) is 3.64. The number of benzene rings is 1. The number of anilines is 1. The predicted octanol–water partition coefficient (Wildman–Crippen LogP) is 2.49. The van der Waals surface area contributed by atoms with Crippen molar-refractivity contribution in [1.82, 2.24) is 25.1 Å². The van der Waals surface area contributed by atoms with Crippen LogP contribution in [0.1, 0.15) is 24.0 Å². The second kappa shape index (κ2) is 10.7. The molecule has 2 fully saturated rings. The molecule has 0 unspecified atom stereocenters. The van der Waals surface area contributed by atoms with Crippen LogP contribution in [0.15, 0.2) is 42.9 Å². The molecule has 0 bridgehead atoms. The molecule has 9 nitrogen and oxygen atoms in total. The van der Waals surface area contributed by atoms with Gasteiger partial charge in [0.05, 0.1) is 18.3 Å². The zero-order valence-corrected chi connectivity index (χ0v) is 20.0. The topological polar surface area (TPSA) is 90.9 Å². The number of alkyl halides is 3. The Balaban J connectivity index is 1.38. The van der Waals surface area contributed by atoms with Crippen LogP contribution in [0.3, 0.4) is 0 Å². The Bertz CT molecular complexity index is 1050. The van der Waals surface area contributed by atoms with E-state index >= 15 is 0 Å². The van der Waals surface area contributed by atoms with Gasteiger partial charge in [-0.15, -0.1) is 0 Å². The largest absolute Gasteiger partial charge is 0.438 e. The number of hydrogen-bond donors (Lipinski definition) is 1. The Morgan fingerprint density at radius 3 is 2.42 bits per heavy atom. The van der Waals surface area contributed by atoms with E-state index in [0.29, 0.717) is 13.1 Å². The molecule has 12 heteroatoms. The van der Waals surface area contributed by atoms with Crippen molar-refractivity contribution in [3.63, 3.8) is 0 Å². The van der Waals surface area contributed by atoms with Crippen molar-refractivity contribution in [1.29, 1.82) is 0 Å². The fourth-order valence-corrected chi connectivity index (χ4v) is 4.66. The number of piperidine rings is 1. The molecule has 194 valence electrons. The van der Waals surface area contributed by atoms with Gasteiger partial charge in [0, 0.05) is 71.6 Å². The minimum Gasteiger partial charge on any atom is -0.438 e. The molecular weight excluding hydrogens is 477 g/mol. The minimum atomic E-state index is -4.52. The standard InChI is InChI=1S/C24H29F3N6O3/c1-28-22(35)36-23(18-3-2-4-19(15-18)24(25,26)27)5-9-33(10-6-23)21(34)17-31-11-13-32(14-12-31)20-16-29-7-8-30-20/h2-4,7-8,15-16H,5-6,9-14,17H2,1H3,(H,28,35). The van der Waals surface area contributed by atoms with Crippen LogP contribution < -0.4 is 10.2 Å². The quantitative estimate of drug-likeness (QED) is 0.667. The SMILES string of the molecule is CNC(=O)OC1(c2cccc(C(F)(F)F)c2)CCN(C(=O)CN2CCN(c3cnccn3)CC2)CC1. The molecule has 3 heterocycles. The van der Waals surface area contributed by atoms with Crippen molar-refractivity contribution < 1.29 is 27.5 Å². The molecule has 2 aliphatic rings. The fourth-order valence-electron chi connectivity index (χ4n) is 4.66. The predicted molar refractivity (Wildman–Crippen MR) is 125 cm³/mol. The van der Waals surface area contributed by atoms with E-state index in [1.165, 1.54) is 19.2 Å². The first-order chi connectivity index (χ1) is 17.2. The number of halogens is 3. The first kappa shape index (κ1) is 25.7. The summed E-state index contributed by atoms with van der Waals surface area (Å²) in [6, 6.07) is 4.86. The van der Waals surface area contributed by atoms with E-state index in [0.717, 1.165) is 31.0 Å². The van der Waals surface area contributed by atoms with E-state index in [-0.39, 0.29) is 43.9 Å². The zero-order valence-electron chi connectivity index (χ0n) is 20.0. The number of piperazine rings is 1. The molecule has 2 aliphatic heterocycles. The van der Waals surface area contributed by atoms with Crippen molar-refractivity contribution in [2.75, 3.05) is 57.8 Å². The fraction of sp³-hybridized carbons (Fsp3) is 0.500. The summed E-state index contributed by atoms with van der Waals surface area (Å²) in [5.74, 6) is 0.752. The van der Waals surface area contributed by atoms with E-state index in [4.69, 9.17) is 4.74 Å². The summed E-state index contributed by atoms with van der Waals surface area (Å²) in [5, 5.41) is 2.37. The van der Waals surface area contributed by atoms with Gasteiger partial charge >= 0.3 is 12.3 Å². The maximum Gasteiger partial charge on any atom is 0.416 e. The van der Waals surface area contributed by atoms with E-state index < -0.39 is 23.4 Å². The number of alkyl carbamates (subject to hydrolysis) is 1. The summed E-state index contributed by atoms with van der Waals surface area (Å²) >= 11 is 0. The maximum atomic E-state index is 13.3. The Hall–Kier alpha value is -3.41. The molecule has 4 rings (SSSR count). The van der Waals surface area contributed by atoms with Gasteiger partial charge in [-0.3, -0.25) is 14.7 Å². The van der Waals surface area contributed by atoms with E-state index in [1.54, 1.807) is 23.5 Å². The third-order valence-electron chi connectivity index (χ3n) is 6.74. The second-order valence-electron chi connectivity index (χ2n) is 8.92. The highest BCUT2D eigenvalue weighted by Crippen LogP contribution is 2.39. The van der Waals surface area contributed by atoms with E-state index in [2.05, 4.69) is 25.1 Å². The van der Waals surface area contributed by atoms with Gasteiger partial charge in [-0.05, 0) is 17.7 Å². The lowest BCUT2D eigenvalue weighted by Gasteiger charge is -2.42. The monoisotopic (exact) mass is 506 g/mol. The van der Waals surface area contributed by atoms with Crippen molar-refractivity contribution >= 4 is 17.8 Å². The van der Waals surface area contributed by atoms with Crippen molar-refractivity contribution in [3.05, 3.63) is 54.0 Å². The van der Waals surface area contributed by atoms with Gasteiger partial charge in [-0.25, -0.2) is 9.78 Å². The van der Waals surface area contributed by atoms with Crippen molar-refractivity contribution in [2.24, 2.45) is 0 Å². The van der Waals surface area contributed by atoms with Crippen LogP contribution >= 0.6 is 0 Å². The number of rotatable bonds is 5. The minimum absolute atomic E-state index is 0.0551. The molecule has 2 aromatic rings. The third-order valence-corrected chi connectivity index (χ3v) is 6.74. The lowest BCUT2D eigenvalue weighted by atomic mass is 9.83. The molecule has 0 atom stereocenters. The molecule has 36 heavy (non-hydrogen) atoms. The lowest BCUT2D eigenvalue weighted by molar-refractivity contribution is -0.137. The van der Waals surface area contributed by atoms with Gasteiger partial charge in [-0.1, -0.05) is 12.1 Å². The van der Waals surface area contributed by atoms with Crippen LogP contribution in [0, 0.1) is 0 Å². The highest BCUT2D eigenvalue weighted by Gasteiger charge is 2.42. The van der Waals surface area contributed by atoms with Gasteiger partial charge < -0.3 is 19.9 Å². The average Bonchev–Trinajstić information content (AvgIpc) is 2.89. The third kappa shape index (κ3) is 5.86. The van der Waals surface area contributed by atoms with Crippen LogP contribution in [-0.4, -0.2) is 84.6 Å². The Kier molecular flexibility index (Phi) is 7.62. The maximum absolute atomic E-state index is 13.3. The number of nitrogens with zero attached hydrogens (tertiary/aromatic N) is 5. The van der Waals surface area contributed by atoms with Crippen LogP contribution in [0.2, 0.25) is 0 Å². The van der Waals surface area contributed by atoms with Gasteiger partial charge in [0.1, 0.15) is 11.4 Å².